The fourth-order valence-corrected chi connectivity index (χ4v) is 4.37. The van der Waals surface area contributed by atoms with Gasteiger partial charge in [0.25, 0.3) is 0 Å². The van der Waals surface area contributed by atoms with Crippen molar-refractivity contribution < 1.29 is 0 Å². The molecular weight excluding hydrogens is 312 g/mol. The molecule has 0 bridgehead atoms. The number of alkyl halides is 3. The Labute approximate surface area is 82.2 Å². The highest BCUT2D eigenvalue weighted by molar-refractivity contribution is 9.10. The van der Waals surface area contributed by atoms with Crippen molar-refractivity contribution >= 4 is 47.8 Å². The molecule has 0 spiro atoms. The molecule has 56 valence electrons. The van der Waals surface area contributed by atoms with Crippen LogP contribution in [0.5, 0.6) is 0 Å². The Balaban J connectivity index is 3.82. The van der Waals surface area contributed by atoms with Crippen molar-refractivity contribution in [2.45, 2.75) is 13.3 Å². The maximum absolute atomic E-state index is 3.49. The Morgan fingerprint density at radius 2 is 1.33 bits per heavy atom. The minimum atomic E-state index is 0.417. The van der Waals surface area contributed by atoms with Crippen LogP contribution in [0.2, 0.25) is 0 Å². The highest BCUT2D eigenvalue weighted by atomic mass is 79.9. The van der Waals surface area contributed by atoms with Crippen LogP contribution in [0.3, 0.4) is 0 Å². The summed E-state index contributed by atoms with van der Waals surface area (Å²) in [7, 11) is 0. The Kier molecular flexibility index (Phi) is 5.96. The van der Waals surface area contributed by atoms with Gasteiger partial charge in [0.2, 0.25) is 0 Å². The first kappa shape index (κ1) is 10.4. The molecular formula is C6H11Br3. The summed E-state index contributed by atoms with van der Waals surface area (Å²) in [5, 5.41) is 3.19. The Bertz CT molecular complexity index is 51.2. The van der Waals surface area contributed by atoms with Gasteiger partial charge in [0.15, 0.2) is 0 Å². The molecule has 0 N–H and O–H groups in total. The first-order chi connectivity index (χ1) is 4.24. The lowest BCUT2D eigenvalue weighted by Gasteiger charge is -2.25. The zero-order valence-electron chi connectivity index (χ0n) is 5.46. The van der Waals surface area contributed by atoms with E-state index in [0.717, 1.165) is 16.0 Å². The second kappa shape index (κ2) is 5.14. The van der Waals surface area contributed by atoms with Crippen LogP contribution < -0.4 is 0 Å². The highest BCUT2D eigenvalue weighted by Crippen LogP contribution is 2.28. The second-order valence-corrected chi connectivity index (χ2v) is 3.94. The summed E-state index contributed by atoms with van der Waals surface area (Å²) in [6.07, 6.45) is 1.20. The van der Waals surface area contributed by atoms with E-state index in [0.29, 0.717) is 5.41 Å². The maximum atomic E-state index is 3.49. The molecule has 0 heterocycles. The molecule has 3 heteroatoms. The number of hydrogen-bond acceptors (Lipinski definition) is 0. The van der Waals surface area contributed by atoms with Gasteiger partial charge < -0.3 is 0 Å². The van der Waals surface area contributed by atoms with Gasteiger partial charge in [0.1, 0.15) is 0 Å². The lowest BCUT2D eigenvalue weighted by Crippen LogP contribution is -2.25. The largest absolute Gasteiger partial charge is 0.0921 e. The van der Waals surface area contributed by atoms with E-state index in [2.05, 4.69) is 54.7 Å². The molecule has 0 aromatic rings. The van der Waals surface area contributed by atoms with E-state index in [1.807, 2.05) is 0 Å². The average molecular weight is 323 g/mol. The third kappa shape index (κ3) is 2.89. The van der Waals surface area contributed by atoms with Crippen molar-refractivity contribution in [2.75, 3.05) is 16.0 Å². The van der Waals surface area contributed by atoms with E-state index < -0.39 is 0 Å². The van der Waals surface area contributed by atoms with Gasteiger partial charge in [-0.25, -0.2) is 0 Å². The van der Waals surface area contributed by atoms with Gasteiger partial charge in [0.05, 0.1) is 0 Å². The number of hydrogen-bond donors (Lipinski definition) is 0. The molecule has 0 rings (SSSR count). The lowest BCUT2D eigenvalue weighted by molar-refractivity contribution is 0.438. The zero-order valence-corrected chi connectivity index (χ0v) is 10.2. The molecule has 0 aliphatic heterocycles. The minimum Gasteiger partial charge on any atom is -0.0921 e. The minimum absolute atomic E-state index is 0.417. The molecule has 0 fully saturated rings. The Morgan fingerprint density at radius 3 is 1.33 bits per heavy atom. The molecule has 0 saturated carbocycles. The van der Waals surface area contributed by atoms with E-state index in [-0.39, 0.29) is 0 Å². The SMILES string of the molecule is CCC(CBr)(CBr)CBr. The second-order valence-electron chi connectivity index (χ2n) is 2.25. The monoisotopic (exact) mass is 320 g/mol. The van der Waals surface area contributed by atoms with Crippen molar-refractivity contribution in [3.8, 4) is 0 Å². The van der Waals surface area contributed by atoms with Crippen LogP contribution in [0.25, 0.3) is 0 Å². The van der Waals surface area contributed by atoms with E-state index in [9.17, 15) is 0 Å². The van der Waals surface area contributed by atoms with E-state index in [4.69, 9.17) is 0 Å². The van der Waals surface area contributed by atoms with Crippen molar-refractivity contribution in [3.63, 3.8) is 0 Å². The molecule has 0 atom stereocenters. The van der Waals surface area contributed by atoms with Crippen LogP contribution in [0.4, 0.5) is 0 Å². The summed E-state index contributed by atoms with van der Waals surface area (Å²) in [4.78, 5) is 0. The number of rotatable bonds is 4. The third-order valence-electron chi connectivity index (χ3n) is 1.60. The molecule has 0 nitrogen and oxygen atoms in total. The fourth-order valence-electron chi connectivity index (χ4n) is 0.391. The summed E-state index contributed by atoms with van der Waals surface area (Å²) in [6, 6.07) is 0. The Hall–Kier alpha value is 1.44. The van der Waals surface area contributed by atoms with Crippen LogP contribution in [0.15, 0.2) is 0 Å². The standard InChI is InChI=1S/C6H11Br3/c1-2-6(3-7,4-8)5-9/h2-5H2,1H3. The number of halogens is 3. The van der Waals surface area contributed by atoms with Crippen molar-refractivity contribution in [2.24, 2.45) is 5.41 Å². The summed E-state index contributed by atoms with van der Waals surface area (Å²) < 4.78 is 0. The summed E-state index contributed by atoms with van der Waals surface area (Å²) in [5.41, 5.74) is 0.417. The van der Waals surface area contributed by atoms with Gasteiger partial charge in [-0.1, -0.05) is 54.7 Å². The van der Waals surface area contributed by atoms with Gasteiger partial charge in [-0.3, -0.25) is 0 Å². The van der Waals surface area contributed by atoms with Gasteiger partial charge in [0, 0.05) is 16.0 Å². The molecule has 9 heavy (non-hydrogen) atoms. The molecule has 0 saturated heterocycles. The summed E-state index contributed by atoms with van der Waals surface area (Å²) >= 11 is 10.5. The predicted octanol–water partition coefficient (Wildman–Crippen LogP) is 3.57. The highest BCUT2D eigenvalue weighted by Gasteiger charge is 2.23. The van der Waals surface area contributed by atoms with Crippen molar-refractivity contribution in [1.82, 2.24) is 0 Å². The van der Waals surface area contributed by atoms with Crippen LogP contribution in [-0.2, 0) is 0 Å². The van der Waals surface area contributed by atoms with Crippen LogP contribution in [-0.4, -0.2) is 16.0 Å². The quantitative estimate of drug-likeness (QED) is 0.694. The zero-order chi connectivity index (χ0) is 7.33. The fraction of sp³-hybridized carbons (Fsp3) is 1.00. The maximum Gasteiger partial charge on any atom is 0.0104 e. The predicted molar refractivity (Wildman–Crippen MR) is 54.1 cm³/mol. The summed E-state index contributed by atoms with van der Waals surface area (Å²) in [5.74, 6) is 0. The summed E-state index contributed by atoms with van der Waals surface area (Å²) in [6.45, 7) is 2.21. The lowest BCUT2D eigenvalue weighted by atomic mass is 9.93. The first-order valence-electron chi connectivity index (χ1n) is 2.92. The van der Waals surface area contributed by atoms with Crippen LogP contribution >= 0.6 is 47.8 Å². The van der Waals surface area contributed by atoms with Gasteiger partial charge in [-0.2, -0.15) is 0 Å². The van der Waals surface area contributed by atoms with Crippen LogP contribution in [0, 0.1) is 5.41 Å². The van der Waals surface area contributed by atoms with Gasteiger partial charge in [-0.15, -0.1) is 0 Å². The van der Waals surface area contributed by atoms with E-state index in [1.54, 1.807) is 0 Å². The third-order valence-corrected chi connectivity index (χ3v) is 5.17. The van der Waals surface area contributed by atoms with Crippen LogP contribution in [0.1, 0.15) is 13.3 Å². The topological polar surface area (TPSA) is 0 Å². The first-order valence-corrected chi connectivity index (χ1v) is 6.29. The molecule has 0 aliphatic carbocycles. The molecule has 0 aliphatic rings. The molecule has 0 aromatic heterocycles. The molecule has 0 aromatic carbocycles. The molecule has 0 unspecified atom stereocenters. The van der Waals surface area contributed by atoms with Gasteiger partial charge in [-0.05, 0) is 11.8 Å². The van der Waals surface area contributed by atoms with Gasteiger partial charge >= 0.3 is 0 Å². The Morgan fingerprint density at radius 1 is 1.00 bits per heavy atom. The molecule has 0 amide bonds. The van der Waals surface area contributed by atoms with E-state index in [1.165, 1.54) is 6.42 Å². The van der Waals surface area contributed by atoms with Crippen molar-refractivity contribution in [3.05, 3.63) is 0 Å². The molecule has 0 radical (unpaired) electrons. The van der Waals surface area contributed by atoms with E-state index >= 15 is 0 Å². The van der Waals surface area contributed by atoms with Crippen molar-refractivity contribution in [1.29, 1.82) is 0 Å². The normalized spacial score (nSPS) is 12.0. The smallest absolute Gasteiger partial charge is 0.0104 e. The average Bonchev–Trinajstić information content (AvgIpc) is 1.95.